The van der Waals surface area contributed by atoms with E-state index < -0.39 is 0 Å². The van der Waals surface area contributed by atoms with E-state index in [4.69, 9.17) is 4.74 Å². The Bertz CT molecular complexity index is 399. The summed E-state index contributed by atoms with van der Waals surface area (Å²) in [4.78, 5) is 2.25. The first-order chi connectivity index (χ1) is 9.22. The Morgan fingerprint density at radius 1 is 1.47 bits per heavy atom. The van der Waals surface area contributed by atoms with Crippen molar-refractivity contribution in [2.75, 3.05) is 33.3 Å². The molecule has 2 atom stereocenters. The molecule has 0 spiro atoms. The minimum atomic E-state index is -0.184. The fourth-order valence-corrected chi connectivity index (χ4v) is 2.61. The lowest BCUT2D eigenvalue weighted by molar-refractivity contribution is -0.0613. The van der Waals surface area contributed by atoms with Crippen LogP contribution in [0.5, 0.6) is 0 Å². The fraction of sp³-hybridized carbons (Fsp3) is 0.600. The van der Waals surface area contributed by atoms with Gasteiger partial charge < -0.3 is 10.1 Å². The molecule has 0 aliphatic carbocycles. The number of benzene rings is 1. The second kappa shape index (κ2) is 6.98. The molecule has 1 fully saturated rings. The van der Waals surface area contributed by atoms with Crippen molar-refractivity contribution in [1.29, 1.82) is 0 Å². The third kappa shape index (κ3) is 3.75. The summed E-state index contributed by atoms with van der Waals surface area (Å²) in [6, 6.07) is 6.96. The SMILES string of the molecule is CCCNCC1OCCN(C)C1c1cccc(F)c1. The Kier molecular flexibility index (Phi) is 5.31. The van der Waals surface area contributed by atoms with Gasteiger partial charge in [-0.1, -0.05) is 19.1 Å². The molecule has 1 aromatic rings. The molecular weight excluding hydrogens is 243 g/mol. The number of morpholine rings is 1. The molecule has 1 aliphatic heterocycles. The molecule has 0 radical (unpaired) electrons. The molecule has 0 aromatic heterocycles. The smallest absolute Gasteiger partial charge is 0.123 e. The maximum Gasteiger partial charge on any atom is 0.123 e. The minimum absolute atomic E-state index is 0.0760. The highest BCUT2D eigenvalue weighted by molar-refractivity contribution is 5.22. The zero-order valence-corrected chi connectivity index (χ0v) is 11.7. The van der Waals surface area contributed by atoms with Gasteiger partial charge in [0, 0.05) is 13.1 Å². The molecule has 3 nitrogen and oxygen atoms in total. The molecule has 1 heterocycles. The quantitative estimate of drug-likeness (QED) is 0.827. The molecule has 0 saturated carbocycles. The zero-order valence-electron chi connectivity index (χ0n) is 11.7. The number of halogens is 1. The molecule has 106 valence electrons. The van der Waals surface area contributed by atoms with Gasteiger partial charge in [0.2, 0.25) is 0 Å². The van der Waals surface area contributed by atoms with E-state index in [9.17, 15) is 4.39 Å². The van der Waals surface area contributed by atoms with Crippen molar-refractivity contribution in [2.45, 2.75) is 25.5 Å². The van der Waals surface area contributed by atoms with Gasteiger partial charge in [0.25, 0.3) is 0 Å². The van der Waals surface area contributed by atoms with Gasteiger partial charge >= 0.3 is 0 Å². The normalized spacial score (nSPS) is 24.6. The third-order valence-electron chi connectivity index (χ3n) is 3.57. The predicted molar refractivity (Wildman–Crippen MR) is 74.7 cm³/mol. The van der Waals surface area contributed by atoms with Gasteiger partial charge in [0.05, 0.1) is 18.8 Å². The van der Waals surface area contributed by atoms with Gasteiger partial charge in [-0.3, -0.25) is 4.90 Å². The summed E-state index contributed by atoms with van der Waals surface area (Å²) in [6.45, 7) is 5.55. The molecule has 4 heteroatoms. The van der Waals surface area contributed by atoms with E-state index in [0.29, 0.717) is 0 Å². The Labute approximate surface area is 114 Å². The highest BCUT2D eigenvalue weighted by atomic mass is 19.1. The number of hydrogen-bond donors (Lipinski definition) is 1. The largest absolute Gasteiger partial charge is 0.374 e. The van der Waals surface area contributed by atoms with E-state index in [1.54, 1.807) is 12.1 Å². The van der Waals surface area contributed by atoms with Crippen LogP contribution in [0.1, 0.15) is 24.9 Å². The van der Waals surface area contributed by atoms with Gasteiger partial charge in [-0.05, 0) is 37.7 Å². The van der Waals surface area contributed by atoms with Crippen LogP contribution >= 0.6 is 0 Å². The summed E-state index contributed by atoms with van der Waals surface area (Å²) in [5.41, 5.74) is 0.991. The molecule has 1 saturated heterocycles. The lowest BCUT2D eigenvalue weighted by atomic mass is 9.98. The third-order valence-corrected chi connectivity index (χ3v) is 3.57. The van der Waals surface area contributed by atoms with Crippen molar-refractivity contribution >= 4 is 0 Å². The molecule has 1 N–H and O–H groups in total. The molecule has 19 heavy (non-hydrogen) atoms. The van der Waals surface area contributed by atoms with Gasteiger partial charge in [-0.25, -0.2) is 4.39 Å². The molecule has 0 bridgehead atoms. The highest BCUT2D eigenvalue weighted by Crippen LogP contribution is 2.28. The van der Waals surface area contributed by atoms with Crippen molar-refractivity contribution in [3.05, 3.63) is 35.6 Å². The van der Waals surface area contributed by atoms with Crippen LogP contribution in [0.15, 0.2) is 24.3 Å². The van der Waals surface area contributed by atoms with Crippen LogP contribution in [-0.4, -0.2) is 44.3 Å². The summed E-state index contributed by atoms with van der Waals surface area (Å²) < 4.78 is 19.3. The van der Waals surface area contributed by atoms with Gasteiger partial charge in [0.15, 0.2) is 0 Å². The number of rotatable bonds is 5. The van der Waals surface area contributed by atoms with Crippen molar-refractivity contribution in [3.63, 3.8) is 0 Å². The number of likely N-dealkylation sites (N-methyl/N-ethyl adjacent to an activating group) is 1. The number of ether oxygens (including phenoxy) is 1. The van der Waals surface area contributed by atoms with Crippen LogP contribution in [-0.2, 0) is 4.74 Å². The summed E-state index contributed by atoms with van der Waals surface area (Å²) in [5.74, 6) is -0.184. The molecule has 1 aliphatic rings. The molecule has 2 rings (SSSR count). The second-order valence-corrected chi connectivity index (χ2v) is 5.09. The van der Waals surface area contributed by atoms with E-state index in [-0.39, 0.29) is 18.0 Å². The summed E-state index contributed by atoms with van der Waals surface area (Å²) in [7, 11) is 2.07. The summed E-state index contributed by atoms with van der Waals surface area (Å²) in [5, 5.41) is 3.39. The Hall–Kier alpha value is -0.970. The molecule has 1 aromatic carbocycles. The van der Waals surface area contributed by atoms with Gasteiger partial charge in [-0.15, -0.1) is 0 Å². The summed E-state index contributed by atoms with van der Waals surface area (Å²) in [6.07, 6.45) is 1.18. The van der Waals surface area contributed by atoms with E-state index in [1.165, 1.54) is 6.07 Å². The first-order valence-electron chi connectivity index (χ1n) is 7.00. The lowest BCUT2D eigenvalue weighted by Gasteiger charge is -2.39. The number of nitrogens with one attached hydrogen (secondary N) is 1. The van der Waals surface area contributed by atoms with Crippen LogP contribution in [0, 0.1) is 5.82 Å². The number of nitrogens with zero attached hydrogens (tertiary/aromatic N) is 1. The first kappa shape index (κ1) is 14.4. The van der Waals surface area contributed by atoms with Crippen molar-refractivity contribution in [3.8, 4) is 0 Å². The van der Waals surface area contributed by atoms with Crippen LogP contribution in [0.4, 0.5) is 4.39 Å². The zero-order chi connectivity index (χ0) is 13.7. The lowest BCUT2D eigenvalue weighted by Crippen LogP contribution is -2.47. The van der Waals surface area contributed by atoms with E-state index in [0.717, 1.165) is 38.2 Å². The minimum Gasteiger partial charge on any atom is -0.374 e. The second-order valence-electron chi connectivity index (χ2n) is 5.09. The number of hydrogen-bond acceptors (Lipinski definition) is 3. The summed E-state index contributed by atoms with van der Waals surface area (Å²) >= 11 is 0. The monoisotopic (exact) mass is 266 g/mol. The fourth-order valence-electron chi connectivity index (χ4n) is 2.61. The van der Waals surface area contributed by atoms with E-state index >= 15 is 0 Å². The predicted octanol–water partition coefficient (Wildman–Crippen LogP) is 2.20. The molecular formula is C15H23FN2O. The van der Waals surface area contributed by atoms with Crippen LogP contribution in [0.2, 0.25) is 0 Å². The van der Waals surface area contributed by atoms with Crippen LogP contribution in [0.3, 0.4) is 0 Å². The average Bonchev–Trinajstić information content (AvgIpc) is 2.39. The van der Waals surface area contributed by atoms with Crippen molar-refractivity contribution < 1.29 is 9.13 Å². The maximum atomic E-state index is 13.4. The average molecular weight is 266 g/mol. The topological polar surface area (TPSA) is 24.5 Å². The highest BCUT2D eigenvalue weighted by Gasteiger charge is 2.31. The van der Waals surface area contributed by atoms with Crippen molar-refractivity contribution in [2.24, 2.45) is 0 Å². The van der Waals surface area contributed by atoms with Crippen LogP contribution in [0.25, 0.3) is 0 Å². The van der Waals surface area contributed by atoms with Crippen LogP contribution < -0.4 is 5.32 Å². The molecule has 2 unspecified atom stereocenters. The van der Waals surface area contributed by atoms with E-state index in [2.05, 4.69) is 24.2 Å². The maximum absolute atomic E-state index is 13.4. The van der Waals surface area contributed by atoms with E-state index in [1.807, 2.05) is 6.07 Å². The Morgan fingerprint density at radius 3 is 3.05 bits per heavy atom. The standard InChI is InChI=1S/C15H23FN2O/c1-3-7-17-11-14-15(18(2)8-9-19-14)12-5-4-6-13(16)10-12/h4-6,10,14-15,17H,3,7-9,11H2,1-2H3. The van der Waals surface area contributed by atoms with Gasteiger partial charge in [-0.2, -0.15) is 0 Å². The van der Waals surface area contributed by atoms with Gasteiger partial charge in [0.1, 0.15) is 5.82 Å². The molecule has 0 amide bonds. The van der Waals surface area contributed by atoms with Crippen molar-refractivity contribution in [1.82, 2.24) is 10.2 Å². The first-order valence-corrected chi connectivity index (χ1v) is 7.00. The Balaban J connectivity index is 2.11. The Morgan fingerprint density at radius 2 is 2.32 bits per heavy atom.